The lowest BCUT2D eigenvalue weighted by molar-refractivity contribution is -0.144. The molecule has 0 aromatic rings. The molecule has 102 valence electrons. The number of amides is 2. The molecule has 18 heavy (non-hydrogen) atoms. The van der Waals surface area contributed by atoms with Crippen molar-refractivity contribution in [3.63, 3.8) is 0 Å². The van der Waals surface area contributed by atoms with Gasteiger partial charge in [-0.1, -0.05) is 6.42 Å². The van der Waals surface area contributed by atoms with Gasteiger partial charge in [-0.25, -0.2) is 0 Å². The van der Waals surface area contributed by atoms with Gasteiger partial charge in [0.1, 0.15) is 0 Å². The number of likely N-dealkylation sites (tertiary alicyclic amines) is 1. The Kier molecular flexibility index (Phi) is 3.73. The lowest BCUT2D eigenvalue weighted by atomic mass is 10.00. The average molecular weight is 255 g/mol. The van der Waals surface area contributed by atoms with Crippen molar-refractivity contribution in [3.8, 4) is 0 Å². The third-order valence-corrected chi connectivity index (χ3v) is 4.03. The zero-order valence-corrected chi connectivity index (χ0v) is 11.0. The molecule has 0 spiro atoms. The van der Waals surface area contributed by atoms with Crippen molar-refractivity contribution >= 4 is 11.8 Å². The van der Waals surface area contributed by atoms with E-state index in [9.17, 15) is 14.7 Å². The van der Waals surface area contributed by atoms with Crippen molar-refractivity contribution in [2.24, 2.45) is 11.8 Å². The Morgan fingerprint density at radius 2 is 1.89 bits per heavy atom. The molecular formula is C13H21NO4. The average Bonchev–Trinajstić information content (AvgIpc) is 2.87. The molecule has 0 aromatic heterocycles. The molecule has 1 N–H and O–H groups in total. The number of carbonyl (C=O) groups is 2. The van der Waals surface area contributed by atoms with Crippen LogP contribution >= 0.6 is 0 Å². The second-order valence-electron chi connectivity index (χ2n) is 5.65. The number of imide groups is 1. The maximum absolute atomic E-state index is 12.1. The fourth-order valence-corrected chi connectivity index (χ4v) is 2.96. The molecular weight excluding hydrogens is 234 g/mol. The summed E-state index contributed by atoms with van der Waals surface area (Å²) < 4.78 is 4.92. The minimum Gasteiger partial charge on any atom is -0.388 e. The molecule has 2 amide bonds. The zero-order chi connectivity index (χ0) is 13.3. The van der Waals surface area contributed by atoms with Gasteiger partial charge in [-0.05, 0) is 19.8 Å². The van der Waals surface area contributed by atoms with Gasteiger partial charge in [0, 0.05) is 20.1 Å². The van der Waals surface area contributed by atoms with Crippen LogP contribution in [-0.2, 0) is 14.3 Å². The Hall–Kier alpha value is -0.940. The smallest absolute Gasteiger partial charge is 0.233 e. The molecule has 0 radical (unpaired) electrons. The third-order valence-electron chi connectivity index (χ3n) is 4.03. The quantitative estimate of drug-likeness (QED) is 0.729. The fraction of sp³-hybridized carbons (Fsp3) is 0.846. The highest BCUT2D eigenvalue weighted by atomic mass is 16.5. The lowest BCUT2D eigenvalue weighted by Gasteiger charge is -2.28. The summed E-state index contributed by atoms with van der Waals surface area (Å²) in [4.78, 5) is 25.5. The van der Waals surface area contributed by atoms with E-state index in [1.165, 1.54) is 4.90 Å². The van der Waals surface area contributed by atoms with Crippen molar-refractivity contribution in [1.29, 1.82) is 0 Å². The Morgan fingerprint density at radius 3 is 2.39 bits per heavy atom. The second-order valence-corrected chi connectivity index (χ2v) is 5.65. The predicted molar refractivity (Wildman–Crippen MR) is 64.7 cm³/mol. The van der Waals surface area contributed by atoms with E-state index in [0.717, 1.165) is 19.3 Å². The molecule has 3 unspecified atom stereocenters. The van der Waals surface area contributed by atoms with E-state index in [1.54, 1.807) is 14.0 Å². The largest absolute Gasteiger partial charge is 0.388 e. The Bertz CT molecular complexity index is 331. The molecule has 1 heterocycles. The summed E-state index contributed by atoms with van der Waals surface area (Å²) in [5, 5.41) is 10.2. The number of nitrogens with zero attached hydrogens (tertiary/aromatic N) is 1. The van der Waals surface area contributed by atoms with E-state index in [4.69, 9.17) is 4.74 Å². The van der Waals surface area contributed by atoms with Crippen LogP contribution in [0, 0.1) is 11.8 Å². The van der Waals surface area contributed by atoms with E-state index in [-0.39, 0.29) is 30.2 Å². The van der Waals surface area contributed by atoms with Gasteiger partial charge in [0.05, 0.1) is 24.0 Å². The monoisotopic (exact) mass is 255 g/mol. The Balaban J connectivity index is 2.01. The highest BCUT2D eigenvalue weighted by Crippen LogP contribution is 2.40. The predicted octanol–water partition coefficient (Wildman–Crippen LogP) is 0.559. The Morgan fingerprint density at radius 1 is 1.33 bits per heavy atom. The van der Waals surface area contributed by atoms with Crippen molar-refractivity contribution in [1.82, 2.24) is 4.90 Å². The van der Waals surface area contributed by atoms with Crippen LogP contribution in [0.4, 0.5) is 0 Å². The summed E-state index contributed by atoms with van der Waals surface area (Å²) in [6.07, 6.45) is 2.99. The number of fused-ring (bicyclic) bond motifs is 1. The first kappa shape index (κ1) is 13.5. The van der Waals surface area contributed by atoms with Crippen LogP contribution in [0.3, 0.4) is 0 Å². The first-order chi connectivity index (χ1) is 8.46. The second kappa shape index (κ2) is 4.97. The molecule has 5 nitrogen and oxygen atoms in total. The highest BCUT2D eigenvalue weighted by molar-refractivity contribution is 6.05. The molecule has 1 aliphatic carbocycles. The maximum atomic E-state index is 12.1. The van der Waals surface area contributed by atoms with Crippen molar-refractivity contribution in [2.45, 2.75) is 38.2 Å². The van der Waals surface area contributed by atoms with E-state index in [0.29, 0.717) is 13.0 Å². The topological polar surface area (TPSA) is 66.8 Å². The number of ether oxygens (including phenoxy) is 1. The molecule has 2 fully saturated rings. The molecule has 0 bridgehead atoms. The first-order valence-corrected chi connectivity index (χ1v) is 6.53. The molecule has 2 aliphatic rings. The van der Waals surface area contributed by atoms with Gasteiger partial charge in [-0.2, -0.15) is 0 Å². The van der Waals surface area contributed by atoms with E-state index >= 15 is 0 Å². The van der Waals surface area contributed by atoms with Gasteiger partial charge in [-0.15, -0.1) is 0 Å². The number of β-amino-alcohol motifs (C(OH)–C–C–N with tert-alkyl or cyclic N) is 1. The van der Waals surface area contributed by atoms with E-state index in [1.807, 2.05) is 0 Å². The van der Waals surface area contributed by atoms with Crippen molar-refractivity contribution < 1.29 is 19.4 Å². The van der Waals surface area contributed by atoms with Gasteiger partial charge >= 0.3 is 0 Å². The molecule has 1 saturated carbocycles. The van der Waals surface area contributed by atoms with Crippen LogP contribution in [-0.4, -0.2) is 47.7 Å². The summed E-state index contributed by atoms with van der Waals surface area (Å²) in [6.45, 7) is 2.14. The normalized spacial score (nSPS) is 30.7. The summed E-state index contributed by atoms with van der Waals surface area (Å²) in [7, 11) is 1.56. The molecule has 3 atom stereocenters. The lowest BCUT2D eigenvalue weighted by Crippen LogP contribution is -2.45. The van der Waals surface area contributed by atoms with Crippen LogP contribution < -0.4 is 0 Å². The van der Waals surface area contributed by atoms with Crippen LogP contribution in [0.15, 0.2) is 0 Å². The van der Waals surface area contributed by atoms with Gasteiger partial charge in [-0.3, -0.25) is 14.5 Å². The molecule has 5 heteroatoms. The van der Waals surface area contributed by atoms with Crippen LogP contribution in [0.1, 0.15) is 32.6 Å². The van der Waals surface area contributed by atoms with Crippen molar-refractivity contribution in [2.75, 3.05) is 20.3 Å². The Labute approximate surface area is 107 Å². The standard InChI is InChI=1S/C13H21NO4/c1-13(17,6-7-18-2)8-14-11(15)9-4-3-5-10(9)12(14)16/h9-10,17H,3-8H2,1-2H3. The van der Waals surface area contributed by atoms with E-state index < -0.39 is 5.60 Å². The highest BCUT2D eigenvalue weighted by Gasteiger charge is 2.50. The molecule has 2 rings (SSSR count). The number of hydrogen-bond donors (Lipinski definition) is 1. The minimum absolute atomic E-state index is 0.0844. The van der Waals surface area contributed by atoms with Gasteiger partial charge in [0.15, 0.2) is 0 Å². The summed E-state index contributed by atoms with van der Waals surface area (Å²) >= 11 is 0. The SMILES string of the molecule is COCCC(C)(O)CN1C(=O)C2CCCC2C1=O. The summed E-state index contributed by atoms with van der Waals surface area (Å²) in [6, 6.07) is 0. The first-order valence-electron chi connectivity index (χ1n) is 6.53. The van der Waals surface area contributed by atoms with Crippen LogP contribution in [0.25, 0.3) is 0 Å². The van der Waals surface area contributed by atoms with E-state index in [2.05, 4.69) is 0 Å². The number of methoxy groups -OCH3 is 1. The molecule has 0 aromatic carbocycles. The number of aliphatic hydroxyl groups is 1. The molecule has 1 aliphatic heterocycles. The van der Waals surface area contributed by atoms with Crippen molar-refractivity contribution in [3.05, 3.63) is 0 Å². The third kappa shape index (κ3) is 2.42. The van der Waals surface area contributed by atoms with Gasteiger partial charge in [0.2, 0.25) is 11.8 Å². The number of carbonyl (C=O) groups excluding carboxylic acids is 2. The summed E-state index contributed by atoms with van der Waals surface area (Å²) in [5.74, 6) is -0.452. The maximum Gasteiger partial charge on any atom is 0.233 e. The fourth-order valence-electron chi connectivity index (χ4n) is 2.96. The van der Waals surface area contributed by atoms with Crippen LogP contribution in [0.5, 0.6) is 0 Å². The van der Waals surface area contributed by atoms with Crippen LogP contribution in [0.2, 0.25) is 0 Å². The number of rotatable bonds is 5. The zero-order valence-electron chi connectivity index (χ0n) is 11.0. The minimum atomic E-state index is -1.07. The summed E-state index contributed by atoms with van der Waals surface area (Å²) in [5.41, 5.74) is -1.07. The molecule has 1 saturated heterocycles. The number of hydrogen-bond acceptors (Lipinski definition) is 4. The van der Waals surface area contributed by atoms with Gasteiger partial charge < -0.3 is 9.84 Å². The van der Waals surface area contributed by atoms with Gasteiger partial charge in [0.25, 0.3) is 0 Å².